The second-order valence-electron chi connectivity index (χ2n) is 9.40. The third-order valence-electron chi connectivity index (χ3n) is 6.90. The molecule has 2 fully saturated rings. The number of fused-ring (bicyclic) bond motifs is 2. The molecule has 0 bridgehead atoms. The highest BCUT2D eigenvalue weighted by Gasteiger charge is 2.43. The lowest BCUT2D eigenvalue weighted by Gasteiger charge is -2.26. The van der Waals surface area contributed by atoms with Crippen molar-refractivity contribution in [3.05, 3.63) is 35.3 Å². The standard InChI is InChI=1S/C21H26N9O8PS/c22-16-10-1-2-29(17(10)25-7-24-16)11-5-35-13(15(11)32)6-36-39(34,40)38-12-3-9(4-31)37-20(12)30-8-26-14-18(30)27-21(23)28-19(14)33/h1-2,7-9,11-13,15,20,31-32H,3-6H2,(H,34,40)(H2,22,24,25)(H3,23,27,28,33)/t9-,11?,12+,13+,15-,20+,39?/m0/s1. The molecule has 0 aromatic carbocycles. The average Bonchev–Trinajstić information content (AvgIpc) is 3.68. The van der Waals surface area contributed by atoms with E-state index in [0.29, 0.717) is 16.9 Å². The molecule has 2 aliphatic rings. The number of ether oxygens (including phenoxy) is 2. The van der Waals surface area contributed by atoms with Gasteiger partial charge in [0.25, 0.3) is 5.56 Å². The fourth-order valence-electron chi connectivity index (χ4n) is 4.99. The minimum atomic E-state index is -3.91. The number of hydrogen-bond acceptors (Lipinski definition) is 14. The number of aliphatic hydroxyl groups is 2. The highest BCUT2D eigenvalue weighted by molar-refractivity contribution is 8.07. The summed E-state index contributed by atoms with van der Waals surface area (Å²) < 4.78 is 26.1. The highest BCUT2D eigenvalue weighted by atomic mass is 32.5. The van der Waals surface area contributed by atoms with Crippen LogP contribution in [-0.4, -0.2) is 93.4 Å². The van der Waals surface area contributed by atoms with Crippen LogP contribution in [0.15, 0.2) is 29.7 Å². The van der Waals surface area contributed by atoms with Gasteiger partial charge in [-0.15, -0.1) is 0 Å². The Morgan fingerprint density at radius 3 is 2.88 bits per heavy atom. The normalized spacial score (nSPS) is 28.5. The summed E-state index contributed by atoms with van der Waals surface area (Å²) in [6.07, 6.45) is 0.203. The number of hydrogen-bond donors (Lipinski definition) is 6. The van der Waals surface area contributed by atoms with Crippen LogP contribution in [0.3, 0.4) is 0 Å². The molecule has 7 atom stereocenters. The number of nitrogens with zero attached hydrogens (tertiary/aromatic N) is 6. The monoisotopic (exact) mass is 595 g/mol. The molecule has 6 rings (SSSR count). The van der Waals surface area contributed by atoms with Gasteiger partial charge in [-0.25, -0.2) is 15.0 Å². The smallest absolute Gasteiger partial charge is 0.325 e. The molecule has 0 radical (unpaired) electrons. The molecule has 2 saturated heterocycles. The quantitative estimate of drug-likeness (QED) is 0.133. The van der Waals surface area contributed by atoms with Crippen molar-refractivity contribution in [3.63, 3.8) is 0 Å². The van der Waals surface area contributed by atoms with Crippen LogP contribution in [0.25, 0.3) is 22.2 Å². The van der Waals surface area contributed by atoms with Gasteiger partial charge in [0.05, 0.1) is 43.7 Å². The zero-order chi connectivity index (χ0) is 28.2. The van der Waals surface area contributed by atoms with Crippen molar-refractivity contribution in [2.45, 2.75) is 43.1 Å². The number of aromatic nitrogens is 7. The predicted octanol–water partition coefficient (Wildman–Crippen LogP) is -1.07. The van der Waals surface area contributed by atoms with Crippen molar-refractivity contribution >= 4 is 52.5 Å². The summed E-state index contributed by atoms with van der Waals surface area (Å²) in [6.45, 7) is -4.35. The van der Waals surface area contributed by atoms with E-state index in [1.54, 1.807) is 16.8 Å². The number of rotatable bonds is 8. The van der Waals surface area contributed by atoms with Crippen LogP contribution >= 0.6 is 6.72 Å². The molecule has 2 aliphatic heterocycles. The largest absolute Gasteiger partial charge is 0.394 e. The maximum Gasteiger partial charge on any atom is 0.325 e. The predicted molar refractivity (Wildman–Crippen MR) is 142 cm³/mol. The molecule has 17 nitrogen and oxygen atoms in total. The van der Waals surface area contributed by atoms with Gasteiger partial charge in [0.15, 0.2) is 17.4 Å². The summed E-state index contributed by atoms with van der Waals surface area (Å²) in [7, 11) is 0. The highest BCUT2D eigenvalue weighted by Crippen LogP contribution is 2.50. The van der Waals surface area contributed by atoms with Crippen LogP contribution in [0.5, 0.6) is 0 Å². The van der Waals surface area contributed by atoms with E-state index in [4.69, 9.17) is 41.8 Å². The third-order valence-corrected chi connectivity index (χ3v) is 8.48. The number of aromatic amines is 1. The molecular formula is C21H26N9O8PS. The first-order valence-electron chi connectivity index (χ1n) is 12.2. The van der Waals surface area contributed by atoms with Crippen LogP contribution in [0.2, 0.25) is 0 Å². The van der Waals surface area contributed by atoms with Crippen molar-refractivity contribution in [2.24, 2.45) is 0 Å². The Morgan fingerprint density at radius 2 is 2.08 bits per heavy atom. The van der Waals surface area contributed by atoms with E-state index in [0.717, 1.165) is 0 Å². The summed E-state index contributed by atoms with van der Waals surface area (Å²) >= 11 is 5.25. The van der Waals surface area contributed by atoms with Crippen LogP contribution in [0, 0.1) is 0 Å². The van der Waals surface area contributed by atoms with Gasteiger partial charge in [0, 0.05) is 12.6 Å². The molecular weight excluding hydrogens is 569 g/mol. The number of nitrogens with one attached hydrogen (secondary N) is 1. The molecule has 0 amide bonds. The number of nitrogens with two attached hydrogens (primary N) is 2. The van der Waals surface area contributed by atoms with E-state index in [2.05, 4.69) is 24.9 Å². The molecule has 8 N–H and O–H groups in total. The van der Waals surface area contributed by atoms with Crippen molar-refractivity contribution in [2.75, 3.05) is 31.3 Å². The van der Waals surface area contributed by atoms with Crippen LogP contribution in [0.4, 0.5) is 11.8 Å². The van der Waals surface area contributed by atoms with Crippen molar-refractivity contribution in [1.82, 2.24) is 34.1 Å². The topological polar surface area (TPSA) is 244 Å². The average molecular weight is 596 g/mol. The van der Waals surface area contributed by atoms with Gasteiger partial charge in [-0.2, -0.15) is 4.98 Å². The lowest BCUT2D eigenvalue weighted by Crippen LogP contribution is -2.31. The first-order chi connectivity index (χ1) is 19.1. The van der Waals surface area contributed by atoms with Gasteiger partial charge in [-0.3, -0.25) is 14.3 Å². The first-order valence-corrected chi connectivity index (χ1v) is 14.8. The second-order valence-corrected chi connectivity index (χ2v) is 12.2. The Morgan fingerprint density at radius 1 is 1.25 bits per heavy atom. The minimum absolute atomic E-state index is 0.0234. The Hall–Kier alpha value is -3.06. The molecule has 0 aliphatic carbocycles. The maximum absolute atomic E-state index is 12.2. The molecule has 0 saturated carbocycles. The zero-order valence-electron chi connectivity index (χ0n) is 20.7. The third kappa shape index (κ3) is 4.87. The Bertz CT molecular complexity index is 1660. The molecule has 6 heterocycles. The van der Waals surface area contributed by atoms with E-state index in [-0.39, 0.29) is 43.4 Å². The Balaban J connectivity index is 1.15. The van der Waals surface area contributed by atoms with Crippen molar-refractivity contribution in [3.8, 4) is 0 Å². The summed E-state index contributed by atoms with van der Waals surface area (Å²) in [6, 6.07) is 1.26. The van der Waals surface area contributed by atoms with Gasteiger partial charge in [0.1, 0.15) is 36.1 Å². The molecule has 2 unspecified atom stereocenters. The van der Waals surface area contributed by atoms with Gasteiger partial charge >= 0.3 is 6.72 Å². The molecule has 4 aromatic heterocycles. The van der Waals surface area contributed by atoms with Gasteiger partial charge in [-0.05, 0) is 17.9 Å². The zero-order valence-corrected chi connectivity index (χ0v) is 22.4. The number of imidazole rings is 1. The molecule has 0 spiro atoms. The summed E-state index contributed by atoms with van der Waals surface area (Å²) in [5.41, 5.74) is 11.8. The van der Waals surface area contributed by atoms with E-state index in [1.807, 2.05) is 0 Å². The second kappa shape index (κ2) is 10.4. The van der Waals surface area contributed by atoms with Gasteiger partial charge < -0.3 is 49.7 Å². The van der Waals surface area contributed by atoms with Crippen LogP contribution in [-0.2, 0) is 30.3 Å². The summed E-state index contributed by atoms with van der Waals surface area (Å²) in [5, 5.41) is 21.3. The van der Waals surface area contributed by atoms with E-state index in [1.165, 1.54) is 17.2 Å². The molecule has 4 aromatic rings. The molecule has 40 heavy (non-hydrogen) atoms. The lowest BCUT2D eigenvalue weighted by molar-refractivity contribution is -0.0485. The lowest BCUT2D eigenvalue weighted by atomic mass is 10.1. The number of aliphatic hydroxyl groups excluding tert-OH is 2. The van der Waals surface area contributed by atoms with Crippen LogP contribution < -0.4 is 17.0 Å². The molecule has 19 heteroatoms. The van der Waals surface area contributed by atoms with Crippen molar-refractivity contribution < 1.29 is 33.6 Å². The van der Waals surface area contributed by atoms with Crippen LogP contribution in [0.1, 0.15) is 18.7 Å². The number of nitrogen functional groups attached to an aromatic ring is 2. The minimum Gasteiger partial charge on any atom is -0.394 e. The summed E-state index contributed by atoms with van der Waals surface area (Å²) in [4.78, 5) is 41.9. The number of anilines is 2. The fourth-order valence-corrected chi connectivity index (χ4v) is 6.43. The van der Waals surface area contributed by atoms with E-state index >= 15 is 0 Å². The van der Waals surface area contributed by atoms with Gasteiger partial charge in [0.2, 0.25) is 5.95 Å². The number of H-pyrrole nitrogens is 1. The molecule has 214 valence electrons. The summed E-state index contributed by atoms with van der Waals surface area (Å²) in [5.74, 6) is 0.198. The maximum atomic E-state index is 12.2. The van der Waals surface area contributed by atoms with Gasteiger partial charge in [-0.1, -0.05) is 0 Å². The Labute approximate surface area is 229 Å². The Kier molecular flexibility index (Phi) is 7.06. The van der Waals surface area contributed by atoms with Crippen molar-refractivity contribution in [1.29, 1.82) is 0 Å². The first kappa shape index (κ1) is 27.1. The van der Waals surface area contributed by atoms with E-state index < -0.39 is 49.0 Å². The SMILES string of the molecule is Nc1nc2c(ncn2[C@@H]2O[C@H](CO)C[C@H]2OP(O)(=S)OC[C@H]2OCC(n3ccc4c(N)ncnc43)[C@@H]2O)c(=O)[nH]1. The fraction of sp³-hybridized carbons (Fsp3) is 0.476. The van der Waals surface area contributed by atoms with E-state index in [9.17, 15) is 19.9 Å².